The number of carbonyl (C=O) groups is 1. The zero-order valence-corrected chi connectivity index (χ0v) is 12.2. The third-order valence-electron chi connectivity index (χ3n) is 4.85. The van der Waals surface area contributed by atoms with Crippen molar-refractivity contribution in [2.24, 2.45) is 5.92 Å². The molecule has 2 N–H and O–H groups in total. The molecule has 0 radical (unpaired) electrons. The van der Waals surface area contributed by atoms with E-state index in [1.165, 1.54) is 0 Å². The Hall–Kier alpha value is -0.820. The zero-order chi connectivity index (χ0) is 15.7. The van der Waals surface area contributed by atoms with Crippen LogP contribution in [0, 0.1) is 5.92 Å². The number of alkyl halides is 3. The Morgan fingerprint density at radius 3 is 2.71 bits per heavy atom. The van der Waals surface area contributed by atoms with E-state index in [0.29, 0.717) is 38.8 Å². The Balaban J connectivity index is 2.02. The number of rotatable bonds is 4. The highest BCUT2D eigenvalue weighted by atomic mass is 19.4. The van der Waals surface area contributed by atoms with Crippen molar-refractivity contribution >= 4 is 5.97 Å². The topological polar surface area (TPSA) is 52.6 Å². The lowest BCUT2D eigenvalue weighted by Crippen LogP contribution is -2.52. The Labute approximate surface area is 122 Å². The van der Waals surface area contributed by atoms with Crippen LogP contribution in [0.4, 0.5) is 13.2 Å². The van der Waals surface area contributed by atoms with Gasteiger partial charge in [0, 0.05) is 12.6 Å². The molecule has 0 bridgehead atoms. The SMILES string of the molecule is CCNC1(C(=O)O)CCC(N2CCCC(C(F)(F)F)C2)C1. The summed E-state index contributed by atoms with van der Waals surface area (Å²) in [6, 6.07) is -0.0645. The smallest absolute Gasteiger partial charge is 0.393 e. The van der Waals surface area contributed by atoms with Crippen LogP contribution < -0.4 is 5.32 Å². The molecule has 1 heterocycles. The number of likely N-dealkylation sites (tertiary alicyclic amines) is 1. The molecule has 0 spiro atoms. The molecule has 2 rings (SSSR count). The molecule has 2 aliphatic rings. The van der Waals surface area contributed by atoms with Crippen LogP contribution in [0.3, 0.4) is 0 Å². The normalized spacial score (nSPS) is 35.0. The van der Waals surface area contributed by atoms with Crippen LogP contribution in [0.1, 0.15) is 39.0 Å². The molecule has 3 unspecified atom stereocenters. The van der Waals surface area contributed by atoms with Gasteiger partial charge in [0.05, 0.1) is 5.92 Å². The van der Waals surface area contributed by atoms with Crippen molar-refractivity contribution in [3.8, 4) is 0 Å². The van der Waals surface area contributed by atoms with Crippen LogP contribution >= 0.6 is 0 Å². The summed E-state index contributed by atoms with van der Waals surface area (Å²) in [4.78, 5) is 13.4. The Morgan fingerprint density at radius 1 is 1.43 bits per heavy atom. The fourth-order valence-corrected chi connectivity index (χ4v) is 3.71. The number of nitrogens with one attached hydrogen (secondary N) is 1. The second-order valence-corrected chi connectivity index (χ2v) is 6.19. The van der Waals surface area contributed by atoms with E-state index in [1.54, 1.807) is 0 Å². The van der Waals surface area contributed by atoms with Crippen molar-refractivity contribution in [2.75, 3.05) is 19.6 Å². The van der Waals surface area contributed by atoms with Gasteiger partial charge in [-0.3, -0.25) is 9.69 Å². The maximum absolute atomic E-state index is 12.9. The van der Waals surface area contributed by atoms with Crippen molar-refractivity contribution in [3.63, 3.8) is 0 Å². The van der Waals surface area contributed by atoms with Gasteiger partial charge < -0.3 is 10.4 Å². The van der Waals surface area contributed by atoms with Gasteiger partial charge in [-0.2, -0.15) is 13.2 Å². The van der Waals surface area contributed by atoms with Crippen LogP contribution in [-0.4, -0.2) is 53.4 Å². The van der Waals surface area contributed by atoms with Crippen molar-refractivity contribution in [1.82, 2.24) is 10.2 Å². The van der Waals surface area contributed by atoms with Gasteiger partial charge in [-0.1, -0.05) is 6.92 Å². The summed E-state index contributed by atoms with van der Waals surface area (Å²) in [5.74, 6) is -2.17. The molecule has 0 amide bonds. The Bertz CT molecular complexity index is 389. The van der Waals surface area contributed by atoms with Crippen LogP contribution in [0.5, 0.6) is 0 Å². The van der Waals surface area contributed by atoms with E-state index in [1.807, 2.05) is 11.8 Å². The summed E-state index contributed by atoms with van der Waals surface area (Å²) < 4.78 is 38.6. The van der Waals surface area contributed by atoms with Gasteiger partial charge in [0.2, 0.25) is 0 Å². The highest BCUT2D eigenvalue weighted by molar-refractivity contribution is 5.79. The van der Waals surface area contributed by atoms with Crippen LogP contribution in [0.2, 0.25) is 0 Å². The Kier molecular flexibility index (Phi) is 4.82. The number of halogens is 3. The highest BCUT2D eigenvalue weighted by Crippen LogP contribution is 2.38. The molecule has 1 saturated carbocycles. The molecule has 0 aromatic heterocycles. The lowest BCUT2D eigenvalue weighted by atomic mass is 9.94. The van der Waals surface area contributed by atoms with Crippen LogP contribution in [0.25, 0.3) is 0 Å². The van der Waals surface area contributed by atoms with Crippen molar-refractivity contribution in [1.29, 1.82) is 0 Å². The lowest BCUT2D eigenvalue weighted by Gasteiger charge is -2.38. The molecule has 0 aromatic rings. The van der Waals surface area contributed by atoms with Gasteiger partial charge in [-0.25, -0.2) is 0 Å². The maximum Gasteiger partial charge on any atom is 0.393 e. The molecule has 122 valence electrons. The summed E-state index contributed by atoms with van der Waals surface area (Å²) in [5, 5.41) is 12.5. The summed E-state index contributed by atoms with van der Waals surface area (Å²) >= 11 is 0. The number of carboxylic acid groups (broad SMARTS) is 1. The molecule has 1 saturated heterocycles. The molecule has 21 heavy (non-hydrogen) atoms. The minimum Gasteiger partial charge on any atom is -0.480 e. The minimum atomic E-state index is -4.15. The predicted octanol–water partition coefficient (Wildman–Crippen LogP) is 2.25. The van der Waals surface area contributed by atoms with E-state index in [-0.39, 0.29) is 19.0 Å². The molecule has 2 fully saturated rings. The molecular weight excluding hydrogens is 285 g/mol. The monoisotopic (exact) mass is 308 g/mol. The van der Waals surface area contributed by atoms with E-state index >= 15 is 0 Å². The first-order valence-electron chi connectivity index (χ1n) is 7.57. The van der Waals surface area contributed by atoms with Crippen LogP contribution in [0.15, 0.2) is 0 Å². The van der Waals surface area contributed by atoms with Gasteiger partial charge in [0.1, 0.15) is 5.54 Å². The highest BCUT2D eigenvalue weighted by Gasteiger charge is 2.49. The van der Waals surface area contributed by atoms with Crippen LogP contribution in [-0.2, 0) is 4.79 Å². The first kappa shape index (κ1) is 16.5. The average Bonchev–Trinajstić information content (AvgIpc) is 2.84. The van der Waals surface area contributed by atoms with E-state index in [9.17, 15) is 23.1 Å². The fourth-order valence-electron chi connectivity index (χ4n) is 3.71. The average molecular weight is 308 g/mol. The van der Waals surface area contributed by atoms with E-state index < -0.39 is 23.6 Å². The van der Waals surface area contributed by atoms with Crippen molar-refractivity contribution in [3.05, 3.63) is 0 Å². The van der Waals surface area contributed by atoms with E-state index in [2.05, 4.69) is 5.32 Å². The van der Waals surface area contributed by atoms with Gasteiger partial charge >= 0.3 is 12.1 Å². The molecule has 3 atom stereocenters. The summed E-state index contributed by atoms with van der Waals surface area (Å²) in [5.41, 5.74) is -0.968. The van der Waals surface area contributed by atoms with Gasteiger partial charge in [0.25, 0.3) is 0 Å². The number of carboxylic acids is 1. The van der Waals surface area contributed by atoms with Crippen molar-refractivity contribution in [2.45, 2.75) is 56.8 Å². The molecule has 7 heteroatoms. The standard InChI is InChI=1S/C14H23F3N2O2/c1-2-18-13(12(20)21)6-5-11(8-13)19-7-3-4-10(9-19)14(15,16)17/h10-11,18H,2-9H2,1H3,(H,20,21). The number of piperidine rings is 1. The first-order chi connectivity index (χ1) is 9.78. The lowest BCUT2D eigenvalue weighted by molar-refractivity contribution is -0.188. The van der Waals surface area contributed by atoms with Gasteiger partial charge in [-0.15, -0.1) is 0 Å². The number of hydrogen-bond acceptors (Lipinski definition) is 3. The molecule has 1 aliphatic heterocycles. The molecular formula is C14H23F3N2O2. The minimum absolute atomic E-state index is 0.00991. The fraction of sp³-hybridized carbons (Fsp3) is 0.929. The van der Waals surface area contributed by atoms with E-state index in [0.717, 1.165) is 0 Å². The molecule has 4 nitrogen and oxygen atoms in total. The largest absolute Gasteiger partial charge is 0.480 e. The summed E-state index contributed by atoms with van der Waals surface area (Å²) in [7, 11) is 0. The van der Waals surface area contributed by atoms with Gasteiger partial charge in [-0.05, 0) is 45.2 Å². The Morgan fingerprint density at radius 2 is 2.14 bits per heavy atom. The summed E-state index contributed by atoms with van der Waals surface area (Å²) in [6.07, 6.45) is -1.92. The third-order valence-corrected chi connectivity index (χ3v) is 4.85. The second kappa shape index (κ2) is 6.12. The van der Waals surface area contributed by atoms with E-state index in [4.69, 9.17) is 0 Å². The van der Waals surface area contributed by atoms with Crippen molar-refractivity contribution < 1.29 is 23.1 Å². The second-order valence-electron chi connectivity index (χ2n) is 6.19. The summed E-state index contributed by atoms with van der Waals surface area (Å²) in [6.45, 7) is 3.04. The number of nitrogens with zero attached hydrogens (tertiary/aromatic N) is 1. The third kappa shape index (κ3) is 3.51. The first-order valence-corrected chi connectivity index (χ1v) is 7.57. The maximum atomic E-state index is 12.9. The predicted molar refractivity (Wildman–Crippen MR) is 72.0 cm³/mol. The number of aliphatic carboxylic acids is 1. The number of hydrogen-bond donors (Lipinski definition) is 2. The number of likely N-dealkylation sites (N-methyl/N-ethyl adjacent to an activating group) is 1. The molecule has 0 aromatic carbocycles. The zero-order valence-electron chi connectivity index (χ0n) is 12.2. The van der Waals surface area contributed by atoms with Gasteiger partial charge in [0.15, 0.2) is 0 Å². The molecule has 1 aliphatic carbocycles. The quantitative estimate of drug-likeness (QED) is 0.836.